The van der Waals surface area contributed by atoms with Crippen molar-refractivity contribution in [3.05, 3.63) is 54.7 Å². The molecule has 1 fully saturated rings. The molecule has 1 aliphatic rings. The Bertz CT molecular complexity index is 633. The van der Waals surface area contributed by atoms with E-state index in [0.29, 0.717) is 24.7 Å². The Morgan fingerprint density at radius 1 is 1.22 bits per heavy atom. The Labute approximate surface area is 135 Å². The van der Waals surface area contributed by atoms with Gasteiger partial charge in [-0.05, 0) is 25.1 Å². The molecule has 0 N–H and O–H groups in total. The van der Waals surface area contributed by atoms with Crippen LogP contribution < -0.4 is 9.47 Å². The molecule has 3 rings (SSSR count). The summed E-state index contributed by atoms with van der Waals surface area (Å²) in [6, 6.07) is 14.9. The van der Waals surface area contributed by atoms with Crippen LogP contribution in [0.15, 0.2) is 54.7 Å². The van der Waals surface area contributed by atoms with Gasteiger partial charge in [0.15, 0.2) is 6.10 Å². The first-order chi connectivity index (χ1) is 11.2. The summed E-state index contributed by atoms with van der Waals surface area (Å²) in [5.41, 5.74) is 0. The zero-order valence-corrected chi connectivity index (χ0v) is 13.1. The standard InChI is InChI=1S/C18H20N2O3/c1-14(22-15-7-3-2-4-8-15)18(21)20-12-10-16(13-20)23-17-9-5-6-11-19-17/h2-9,11,14,16H,10,12-13H2,1H3. The second-order valence-corrected chi connectivity index (χ2v) is 5.55. The molecule has 1 aliphatic heterocycles. The molecular weight excluding hydrogens is 292 g/mol. The molecule has 2 unspecified atom stereocenters. The van der Waals surface area contributed by atoms with Crippen molar-refractivity contribution in [3.8, 4) is 11.6 Å². The predicted molar refractivity (Wildman–Crippen MR) is 86.4 cm³/mol. The summed E-state index contributed by atoms with van der Waals surface area (Å²) < 4.78 is 11.5. The van der Waals surface area contributed by atoms with E-state index in [9.17, 15) is 4.79 Å². The van der Waals surface area contributed by atoms with Crippen LogP contribution in [0.25, 0.3) is 0 Å². The highest BCUT2D eigenvalue weighted by Crippen LogP contribution is 2.18. The Morgan fingerprint density at radius 2 is 2.00 bits per heavy atom. The lowest BCUT2D eigenvalue weighted by molar-refractivity contribution is -0.137. The van der Waals surface area contributed by atoms with Crippen LogP contribution >= 0.6 is 0 Å². The molecule has 0 spiro atoms. The fraction of sp³-hybridized carbons (Fsp3) is 0.333. The number of benzene rings is 1. The number of carbonyl (C=O) groups excluding carboxylic acids is 1. The van der Waals surface area contributed by atoms with E-state index in [1.807, 2.05) is 48.5 Å². The van der Waals surface area contributed by atoms with Gasteiger partial charge in [0.05, 0.1) is 6.54 Å². The van der Waals surface area contributed by atoms with Crippen molar-refractivity contribution in [1.29, 1.82) is 0 Å². The Morgan fingerprint density at radius 3 is 2.74 bits per heavy atom. The molecule has 1 aromatic heterocycles. The monoisotopic (exact) mass is 312 g/mol. The van der Waals surface area contributed by atoms with Gasteiger partial charge in [-0.1, -0.05) is 24.3 Å². The maximum absolute atomic E-state index is 12.5. The van der Waals surface area contributed by atoms with Gasteiger partial charge in [0.2, 0.25) is 5.88 Å². The second kappa shape index (κ2) is 7.13. The average Bonchev–Trinajstić information content (AvgIpc) is 3.04. The van der Waals surface area contributed by atoms with Crippen LogP contribution in [0.4, 0.5) is 0 Å². The van der Waals surface area contributed by atoms with Crippen molar-refractivity contribution in [2.45, 2.75) is 25.6 Å². The smallest absolute Gasteiger partial charge is 0.263 e. The molecule has 1 aromatic carbocycles. The third-order valence-corrected chi connectivity index (χ3v) is 3.79. The van der Waals surface area contributed by atoms with Crippen molar-refractivity contribution < 1.29 is 14.3 Å². The molecule has 5 heteroatoms. The number of aromatic nitrogens is 1. The van der Waals surface area contributed by atoms with Crippen molar-refractivity contribution >= 4 is 5.91 Å². The minimum absolute atomic E-state index is 0.0130. The summed E-state index contributed by atoms with van der Waals surface area (Å²) in [7, 11) is 0. The Kier molecular flexibility index (Phi) is 4.76. The van der Waals surface area contributed by atoms with Crippen LogP contribution in [0, 0.1) is 0 Å². The molecule has 120 valence electrons. The van der Waals surface area contributed by atoms with E-state index >= 15 is 0 Å². The van der Waals surface area contributed by atoms with Gasteiger partial charge in [0.25, 0.3) is 5.91 Å². The summed E-state index contributed by atoms with van der Waals surface area (Å²) in [5, 5.41) is 0. The largest absolute Gasteiger partial charge is 0.481 e. The topological polar surface area (TPSA) is 51.7 Å². The quantitative estimate of drug-likeness (QED) is 0.851. The van der Waals surface area contributed by atoms with Crippen molar-refractivity contribution in [2.75, 3.05) is 13.1 Å². The third-order valence-electron chi connectivity index (χ3n) is 3.79. The lowest BCUT2D eigenvalue weighted by atomic mass is 10.3. The number of hydrogen-bond donors (Lipinski definition) is 0. The number of hydrogen-bond acceptors (Lipinski definition) is 4. The first kappa shape index (κ1) is 15.3. The number of rotatable bonds is 5. The van der Waals surface area contributed by atoms with Gasteiger partial charge in [0.1, 0.15) is 11.9 Å². The highest BCUT2D eigenvalue weighted by Gasteiger charge is 2.31. The molecular formula is C18H20N2O3. The lowest BCUT2D eigenvalue weighted by Gasteiger charge is -2.21. The zero-order chi connectivity index (χ0) is 16.1. The Balaban J connectivity index is 1.52. The minimum atomic E-state index is -0.508. The van der Waals surface area contributed by atoms with Gasteiger partial charge in [-0.2, -0.15) is 0 Å². The number of pyridine rings is 1. The summed E-state index contributed by atoms with van der Waals surface area (Å²) in [6.45, 7) is 3.03. The molecule has 2 aromatic rings. The SMILES string of the molecule is CC(Oc1ccccc1)C(=O)N1CCC(Oc2ccccn2)C1. The first-order valence-corrected chi connectivity index (χ1v) is 7.80. The summed E-state index contributed by atoms with van der Waals surface area (Å²) >= 11 is 0. The van der Waals surface area contributed by atoms with Crippen LogP contribution in [-0.2, 0) is 4.79 Å². The average molecular weight is 312 g/mol. The van der Waals surface area contributed by atoms with Crippen molar-refractivity contribution in [1.82, 2.24) is 9.88 Å². The molecule has 1 saturated heterocycles. The zero-order valence-electron chi connectivity index (χ0n) is 13.1. The number of nitrogens with zero attached hydrogens (tertiary/aromatic N) is 2. The van der Waals surface area contributed by atoms with Crippen molar-refractivity contribution in [2.24, 2.45) is 0 Å². The van der Waals surface area contributed by atoms with E-state index in [4.69, 9.17) is 9.47 Å². The third kappa shape index (κ3) is 4.00. The number of likely N-dealkylation sites (tertiary alicyclic amines) is 1. The van der Waals surface area contributed by atoms with Crippen LogP contribution in [0.2, 0.25) is 0 Å². The van der Waals surface area contributed by atoms with Gasteiger partial charge in [-0.25, -0.2) is 4.98 Å². The summed E-state index contributed by atoms with van der Waals surface area (Å²) in [5.74, 6) is 1.29. The van der Waals surface area contributed by atoms with Gasteiger partial charge in [-0.15, -0.1) is 0 Å². The van der Waals surface area contributed by atoms with E-state index in [1.165, 1.54) is 0 Å². The number of ether oxygens (including phenoxy) is 2. The molecule has 1 amide bonds. The molecule has 0 saturated carbocycles. The molecule has 0 aliphatic carbocycles. The van der Waals surface area contributed by atoms with Crippen LogP contribution in [-0.4, -0.2) is 41.1 Å². The van der Waals surface area contributed by atoms with Crippen molar-refractivity contribution in [3.63, 3.8) is 0 Å². The van der Waals surface area contributed by atoms with Crippen LogP contribution in [0.3, 0.4) is 0 Å². The van der Waals surface area contributed by atoms with Gasteiger partial charge < -0.3 is 14.4 Å². The van der Waals surface area contributed by atoms with Gasteiger partial charge in [0, 0.05) is 25.2 Å². The summed E-state index contributed by atoms with van der Waals surface area (Å²) in [6.07, 6.45) is 1.98. The number of amides is 1. The van der Waals surface area contributed by atoms with E-state index in [-0.39, 0.29) is 12.0 Å². The van der Waals surface area contributed by atoms with Gasteiger partial charge in [-0.3, -0.25) is 4.79 Å². The fourth-order valence-corrected chi connectivity index (χ4v) is 2.62. The highest BCUT2D eigenvalue weighted by atomic mass is 16.5. The molecule has 23 heavy (non-hydrogen) atoms. The van der Waals surface area contributed by atoms with E-state index in [0.717, 1.165) is 6.42 Å². The van der Waals surface area contributed by atoms with Gasteiger partial charge >= 0.3 is 0 Å². The molecule has 5 nitrogen and oxygen atoms in total. The van der Waals surface area contributed by atoms with Crippen LogP contribution in [0.5, 0.6) is 11.6 Å². The number of para-hydroxylation sites is 1. The minimum Gasteiger partial charge on any atom is -0.481 e. The van der Waals surface area contributed by atoms with E-state index in [2.05, 4.69) is 4.98 Å². The highest BCUT2D eigenvalue weighted by molar-refractivity contribution is 5.81. The molecule has 0 radical (unpaired) electrons. The first-order valence-electron chi connectivity index (χ1n) is 7.80. The lowest BCUT2D eigenvalue weighted by Crippen LogP contribution is -2.40. The fourth-order valence-electron chi connectivity index (χ4n) is 2.62. The van der Waals surface area contributed by atoms with E-state index in [1.54, 1.807) is 18.0 Å². The van der Waals surface area contributed by atoms with Crippen LogP contribution in [0.1, 0.15) is 13.3 Å². The number of carbonyl (C=O) groups is 1. The predicted octanol–water partition coefficient (Wildman–Crippen LogP) is 2.53. The maximum Gasteiger partial charge on any atom is 0.263 e. The molecule has 0 bridgehead atoms. The summed E-state index contributed by atoms with van der Waals surface area (Å²) in [4.78, 5) is 18.4. The normalized spacial score (nSPS) is 18.5. The maximum atomic E-state index is 12.5. The molecule has 2 atom stereocenters. The van der Waals surface area contributed by atoms with E-state index < -0.39 is 6.10 Å². The molecule has 2 heterocycles. The second-order valence-electron chi connectivity index (χ2n) is 5.55. The Hall–Kier alpha value is -2.56.